The Balaban J connectivity index is 3.62. The first-order valence-electron chi connectivity index (χ1n) is 4.86. The molecule has 0 aliphatic heterocycles. The minimum atomic E-state index is -2.51. The summed E-state index contributed by atoms with van der Waals surface area (Å²) < 4.78 is 26.4. The van der Waals surface area contributed by atoms with Gasteiger partial charge in [-0.2, -0.15) is 0 Å². The van der Waals surface area contributed by atoms with Crippen molar-refractivity contribution in [1.82, 2.24) is 5.43 Å². The van der Waals surface area contributed by atoms with Gasteiger partial charge < -0.3 is 0 Å². The molecule has 13 heavy (non-hydrogen) atoms. The van der Waals surface area contributed by atoms with E-state index in [2.05, 4.69) is 5.43 Å². The fraction of sp³-hybridized carbons (Fsp3) is 1.00. The molecule has 0 heterocycles. The van der Waals surface area contributed by atoms with Gasteiger partial charge in [-0.25, -0.2) is 8.78 Å². The predicted molar refractivity (Wildman–Crippen MR) is 50.4 cm³/mol. The van der Waals surface area contributed by atoms with Gasteiger partial charge in [-0.1, -0.05) is 13.8 Å². The van der Waals surface area contributed by atoms with Crippen LogP contribution in [-0.2, 0) is 0 Å². The molecular formula is C9H20F2N2. The molecular weight excluding hydrogens is 174 g/mol. The topological polar surface area (TPSA) is 38.0 Å². The van der Waals surface area contributed by atoms with Crippen LogP contribution in [0.25, 0.3) is 0 Å². The van der Waals surface area contributed by atoms with Crippen molar-refractivity contribution in [3.8, 4) is 0 Å². The first kappa shape index (κ1) is 12.8. The number of hydrogen-bond acceptors (Lipinski definition) is 2. The molecule has 0 rings (SSSR count). The molecule has 3 N–H and O–H groups in total. The van der Waals surface area contributed by atoms with Crippen LogP contribution in [-0.4, -0.2) is 12.5 Å². The Hall–Kier alpha value is -0.220. The van der Waals surface area contributed by atoms with Crippen molar-refractivity contribution >= 4 is 0 Å². The lowest BCUT2D eigenvalue weighted by atomic mass is 9.96. The van der Waals surface area contributed by atoms with E-state index in [0.29, 0.717) is 25.8 Å². The lowest BCUT2D eigenvalue weighted by Gasteiger charge is -2.22. The second kappa shape index (κ2) is 6.27. The third-order valence-corrected chi connectivity index (χ3v) is 2.41. The maximum Gasteiger partial charge on any atom is 0.250 e. The van der Waals surface area contributed by atoms with E-state index in [1.54, 1.807) is 13.8 Å². The molecule has 0 bridgehead atoms. The van der Waals surface area contributed by atoms with Crippen LogP contribution in [0.4, 0.5) is 8.78 Å². The van der Waals surface area contributed by atoms with Crippen molar-refractivity contribution in [1.29, 1.82) is 0 Å². The van der Waals surface area contributed by atoms with Crippen molar-refractivity contribution in [2.45, 2.75) is 45.5 Å². The molecule has 0 amide bonds. The highest BCUT2D eigenvalue weighted by Gasteiger charge is 2.33. The molecule has 0 fully saturated rings. The van der Waals surface area contributed by atoms with E-state index in [1.165, 1.54) is 0 Å². The molecule has 0 aliphatic carbocycles. The van der Waals surface area contributed by atoms with Crippen molar-refractivity contribution in [2.75, 3.05) is 6.54 Å². The number of unbranched alkanes of at least 4 members (excludes halogenated alkanes) is 1. The van der Waals surface area contributed by atoms with Gasteiger partial charge in [-0.15, -0.1) is 0 Å². The Bertz CT molecular complexity index is 129. The highest BCUT2D eigenvalue weighted by Crippen LogP contribution is 2.31. The number of rotatable bonds is 7. The lowest BCUT2D eigenvalue weighted by molar-refractivity contribution is -0.0615. The lowest BCUT2D eigenvalue weighted by Crippen LogP contribution is -2.27. The van der Waals surface area contributed by atoms with Gasteiger partial charge in [0.2, 0.25) is 0 Å². The fourth-order valence-electron chi connectivity index (χ4n) is 1.13. The molecule has 80 valence electrons. The van der Waals surface area contributed by atoms with Gasteiger partial charge >= 0.3 is 0 Å². The molecule has 0 saturated carbocycles. The predicted octanol–water partition coefficient (Wildman–Crippen LogP) is 2.30. The molecule has 0 spiro atoms. The maximum absolute atomic E-state index is 13.2. The first-order chi connectivity index (χ1) is 6.04. The highest BCUT2D eigenvalue weighted by atomic mass is 19.3. The third kappa shape index (κ3) is 5.16. The summed E-state index contributed by atoms with van der Waals surface area (Å²) in [7, 11) is 0. The number of nitrogens with two attached hydrogens (primary N) is 1. The zero-order chi connectivity index (χ0) is 10.3. The van der Waals surface area contributed by atoms with Crippen molar-refractivity contribution in [3.63, 3.8) is 0 Å². The van der Waals surface area contributed by atoms with Crippen LogP contribution in [0.2, 0.25) is 0 Å². The molecule has 1 atom stereocenters. The van der Waals surface area contributed by atoms with Gasteiger partial charge in [0.25, 0.3) is 5.92 Å². The second-order valence-corrected chi connectivity index (χ2v) is 3.48. The molecule has 0 aromatic heterocycles. The fourth-order valence-corrected chi connectivity index (χ4v) is 1.13. The molecule has 0 saturated heterocycles. The van der Waals surface area contributed by atoms with Gasteiger partial charge in [0.15, 0.2) is 0 Å². The smallest absolute Gasteiger partial charge is 0.250 e. The number of nitrogens with one attached hydrogen (secondary N) is 1. The average Bonchev–Trinajstić information content (AvgIpc) is 2.11. The number of alkyl halides is 2. The zero-order valence-corrected chi connectivity index (χ0v) is 8.45. The van der Waals surface area contributed by atoms with Gasteiger partial charge in [0.05, 0.1) is 0 Å². The first-order valence-corrected chi connectivity index (χ1v) is 4.86. The van der Waals surface area contributed by atoms with E-state index >= 15 is 0 Å². The summed E-state index contributed by atoms with van der Waals surface area (Å²) in [5.41, 5.74) is 2.45. The van der Waals surface area contributed by atoms with Crippen LogP contribution in [0.1, 0.15) is 39.5 Å². The Morgan fingerprint density at radius 3 is 2.46 bits per heavy atom. The molecule has 1 unspecified atom stereocenters. The van der Waals surface area contributed by atoms with Crippen LogP contribution in [0.15, 0.2) is 0 Å². The Morgan fingerprint density at radius 2 is 2.00 bits per heavy atom. The Labute approximate surface area is 78.8 Å². The monoisotopic (exact) mass is 194 g/mol. The Kier molecular flexibility index (Phi) is 6.16. The Morgan fingerprint density at radius 1 is 1.38 bits per heavy atom. The van der Waals surface area contributed by atoms with Crippen molar-refractivity contribution in [3.05, 3.63) is 0 Å². The van der Waals surface area contributed by atoms with Crippen LogP contribution in [0.5, 0.6) is 0 Å². The van der Waals surface area contributed by atoms with Crippen LogP contribution in [0, 0.1) is 5.92 Å². The molecule has 2 nitrogen and oxygen atoms in total. The third-order valence-electron chi connectivity index (χ3n) is 2.41. The molecule has 0 aliphatic rings. The summed E-state index contributed by atoms with van der Waals surface area (Å²) >= 11 is 0. The zero-order valence-electron chi connectivity index (χ0n) is 8.45. The SMILES string of the molecule is CCC(C)C(F)(F)CCCCNN. The van der Waals surface area contributed by atoms with Gasteiger partial charge in [-0.05, 0) is 19.3 Å². The summed E-state index contributed by atoms with van der Waals surface area (Å²) in [6.07, 6.45) is 1.75. The number of hydrazine groups is 1. The van der Waals surface area contributed by atoms with Crippen LogP contribution < -0.4 is 11.3 Å². The summed E-state index contributed by atoms with van der Waals surface area (Å²) in [5.74, 6) is 2.00. The second-order valence-electron chi connectivity index (χ2n) is 3.48. The van der Waals surface area contributed by atoms with E-state index in [4.69, 9.17) is 5.84 Å². The van der Waals surface area contributed by atoms with E-state index in [-0.39, 0.29) is 6.42 Å². The molecule has 0 aromatic carbocycles. The van der Waals surface area contributed by atoms with Gasteiger partial charge in [0, 0.05) is 18.9 Å². The van der Waals surface area contributed by atoms with E-state index in [0.717, 1.165) is 0 Å². The van der Waals surface area contributed by atoms with E-state index in [1.807, 2.05) is 0 Å². The number of hydrogen-bond donors (Lipinski definition) is 2. The average molecular weight is 194 g/mol. The van der Waals surface area contributed by atoms with Crippen molar-refractivity contribution < 1.29 is 8.78 Å². The highest BCUT2D eigenvalue weighted by molar-refractivity contribution is 4.72. The molecule has 0 radical (unpaired) electrons. The molecule has 4 heteroatoms. The van der Waals surface area contributed by atoms with Crippen LogP contribution >= 0.6 is 0 Å². The van der Waals surface area contributed by atoms with E-state index < -0.39 is 11.8 Å². The van der Waals surface area contributed by atoms with Gasteiger partial charge in [0.1, 0.15) is 0 Å². The van der Waals surface area contributed by atoms with Crippen LogP contribution in [0.3, 0.4) is 0 Å². The van der Waals surface area contributed by atoms with E-state index in [9.17, 15) is 8.78 Å². The summed E-state index contributed by atoms with van der Waals surface area (Å²) in [4.78, 5) is 0. The number of halogens is 2. The minimum Gasteiger partial charge on any atom is -0.271 e. The van der Waals surface area contributed by atoms with Gasteiger partial charge in [-0.3, -0.25) is 11.3 Å². The summed E-state index contributed by atoms with van der Waals surface area (Å²) in [6, 6.07) is 0. The minimum absolute atomic E-state index is 0.0241. The molecule has 0 aromatic rings. The normalized spacial score (nSPS) is 14.5. The largest absolute Gasteiger partial charge is 0.271 e. The maximum atomic E-state index is 13.2. The van der Waals surface area contributed by atoms with Crippen molar-refractivity contribution in [2.24, 2.45) is 11.8 Å². The summed E-state index contributed by atoms with van der Waals surface area (Å²) in [5, 5.41) is 0. The summed E-state index contributed by atoms with van der Waals surface area (Å²) in [6.45, 7) is 4.00. The quantitative estimate of drug-likeness (QED) is 0.371. The standard InChI is InChI=1S/C9H20F2N2/c1-3-8(2)9(10,11)6-4-5-7-13-12/h8,13H,3-7,12H2,1-2H3.